The van der Waals surface area contributed by atoms with Crippen molar-refractivity contribution in [1.29, 1.82) is 0 Å². The fraction of sp³-hybridized carbons (Fsp3) is 0.146. The summed E-state index contributed by atoms with van der Waals surface area (Å²) < 4.78 is 6.87. The molecule has 0 atom stereocenters. The van der Waals surface area contributed by atoms with E-state index in [9.17, 15) is 9.90 Å². The van der Waals surface area contributed by atoms with Crippen LogP contribution in [0.1, 0.15) is 90.8 Å². The van der Waals surface area contributed by atoms with Crippen LogP contribution >= 0.6 is 15.8 Å². The van der Waals surface area contributed by atoms with E-state index in [1.807, 2.05) is 73.2 Å². The van der Waals surface area contributed by atoms with Crippen molar-refractivity contribution < 1.29 is 70.9 Å². The standard InChI is InChI=1S/C24H17N2.2C20H15N2.C15H12O2.C10H16P2.Ir.Os.Pt/c1-24(2)18-11-5-6-13-20(18)26-22-17(10-7-12-19(22)24)21-16-9-4-3-8-15(16)14-25-23(21)26;2*1-20(2)15-9-3-4-11-17(15)22-18-13(7-5-10-16(18)20)14-8-6-12-21-19(14)22;16-14(12-7-3-1-4-8-12)11-15(17)13-9-5-2-6-10-13;1-11(2)9-7-5-6-8-10(9)12(3)4;;;/h3-12,14H,1-2H3;2*3-10,12H,1-2H3;1-11,16H;5-8H,1-4H3;;;/q3*-1;;;;+1;/p+2. The van der Waals surface area contributed by atoms with E-state index in [4.69, 9.17) is 4.98 Å². The second-order valence-electron chi connectivity index (χ2n) is 27.7. The Hall–Kier alpha value is -8.65. The minimum Gasteiger partial charge on any atom is -0.507 e. The molecule has 10 aromatic carbocycles. The van der Waals surface area contributed by atoms with Gasteiger partial charge in [-0.05, 0) is 74.7 Å². The molecule has 0 bridgehead atoms. The van der Waals surface area contributed by atoms with Crippen molar-refractivity contribution in [2.75, 3.05) is 26.7 Å². The van der Waals surface area contributed by atoms with E-state index in [1.54, 1.807) is 47.0 Å². The quantitative estimate of drug-likeness (QED) is 0.0610. The third kappa shape index (κ3) is 12.6. The minimum absolute atomic E-state index is 0. The van der Waals surface area contributed by atoms with Gasteiger partial charge in [0, 0.05) is 131 Å². The molecule has 0 saturated heterocycles. The number of allylic oxidation sites excluding steroid dienone is 1. The number of pyridine rings is 3. The molecular weight excluding hydrogens is 1820 g/mol. The smallest absolute Gasteiger partial charge is 0.507 e. The monoisotopic (exact) mass is 1900 g/mol. The van der Waals surface area contributed by atoms with Crippen LogP contribution in [0.3, 0.4) is 0 Å². The molecule has 13 heteroatoms. The molecular formula is C89H77IrN6O2OsP2Pt. The second kappa shape index (κ2) is 29.6. The number of nitrogens with zero attached hydrogens (tertiary/aromatic N) is 6. The average Bonchev–Trinajstić information content (AvgIpc) is 1.62. The molecule has 102 heavy (non-hydrogen) atoms. The molecule has 19 rings (SSSR count). The zero-order valence-corrected chi connectivity index (χ0v) is 67.7. The van der Waals surface area contributed by atoms with Gasteiger partial charge in [0.15, 0.2) is 5.78 Å². The van der Waals surface area contributed by atoms with Crippen molar-refractivity contribution in [1.82, 2.24) is 28.7 Å². The first-order valence-electron chi connectivity index (χ1n) is 33.9. The van der Waals surface area contributed by atoms with E-state index < -0.39 is 0 Å². The van der Waals surface area contributed by atoms with Crippen molar-refractivity contribution in [3.05, 3.63) is 330 Å². The Bertz CT molecular complexity index is 5660. The molecule has 3 aliphatic rings. The number of rotatable bonds is 5. The molecule has 6 aromatic heterocycles. The molecule has 0 fully saturated rings. The van der Waals surface area contributed by atoms with E-state index >= 15 is 0 Å². The van der Waals surface area contributed by atoms with Gasteiger partial charge in [-0.1, -0.05) is 210 Å². The zero-order valence-electron chi connectivity index (χ0n) is 58.4. The molecule has 0 amide bonds. The van der Waals surface area contributed by atoms with Gasteiger partial charge in [0.1, 0.15) is 33.3 Å². The maximum absolute atomic E-state index is 11.8. The van der Waals surface area contributed by atoms with E-state index in [-0.39, 0.29) is 105 Å². The molecule has 0 aliphatic carbocycles. The van der Waals surface area contributed by atoms with Crippen molar-refractivity contribution in [2.24, 2.45) is 0 Å². The van der Waals surface area contributed by atoms with E-state index in [0.29, 0.717) is 11.1 Å². The zero-order chi connectivity index (χ0) is 68.5. The van der Waals surface area contributed by atoms with E-state index in [2.05, 4.69) is 262 Å². The summed E-state index contributed by atoms with van der Waals surface area (Å²) in [6.45, 7) is 23.3. The number of aromatic nitrogens is 6. The predicted octanol–water partition coefficient (Wildman–Crippen LogP) is 20.4. The number of ketones is 1. The molecule has 1 N–H and O–H groups in total. The Kier molecular flexibility index (Phi) is 21.2. The third-order valence-electron chi connectivity index (χ3n) is 20.2. The van der Waals surface area contributed by atoms with Gasteiger partial charge in [0.2, 0.25) is 0 Å². The van der Waals surface area contributed by atoms with Crippen LogP contribution in [0.2, 0.25) is 0 Å². The summed E-state index contributed by atoms with van der Waals surface area (Å²) in [5.74, 6) is -0.216. The topological polar surface area (TPSA) is 90.8 Å². The number of carbonyl (C=O) groups excluding carboxylic acids is 1. The first kappa shape index (κ1) is 73.1. The Morgan fingerprint density at radius 2 is 0.765 bits per heavy atom. The SMILES string of the molecule is CC1(C)c2ccc[c-]c2-n2c3ncc4ccccc4c3c3cccc1c32.CC1(C)c2ccc[c-]c2-n2c3ncccc3c3cccc1c32.CC1(C)c2ccc[c-]c2-n2c3ncccc3c3cccc1c32.C[PH+](C)c1ccccc1[PH+](C)C.O=C(C=C(O)c1ccccc1)c1ccccc1.[Ir].[Os+].[Pt]. The third-order valence-corrected chi connectivity index (χ3v) is 23.5. The number of aliphatic hydroxyl groups is 1. The van der Waals surface area contributed by atoms with Crippen LogP contribution in [0.25, 0.3) is 99.4 Å². The van der Waals surface area contributed by atoms with Crippen LogP contribution in [0, 0.1) is 18.2 Å². The maximum atomic E-state index is 11.8. The second-order valence-corrected chi connectivity index (χ2v) is 32.8. The summed E-state index contributed by atoms with van der Waals surface area (Å²) in [5.41, 5.74) is 19.3. The molecule has 0 unspecified atom stereocenters. The number of hydrogen-bond donors (Lipinski definition) is 1. The molecule has 0 saturated carbocycles. The molecule has 3 aliphatic heterocycles. The number of aliphatic hydroxyl groups excluding tert-OH is 1. The molecule has 8 nitrogen and oxygen atoms in total. The fourth-order valence-electron chi connectivity index (χ4n) is 15.3. The van der Waals surface area contributed by atoms with Crippen LogP contribution in [-0.4, -0.2) is 66.2 Å². The number of fused-ring (bicyclic) bond motifs is 17. The number of carbonyl (C=O) groups is 1. The molecule has 512 valence electrons. The van der Waals surface area contributed by atoms with Crippen LogP contribution in [-0.2, 0) is 77.2 Å². The van der Waals surface area contributed by atoms with Crippen LogP contribution in [0.4, 0.5) is 0 Å². The molecule has 9 heterocycles. The summed E-state index contributed by atoms with van der Waals surface area (Å²) in [5, 5.41) is 23.0. The van der Waals surface area contributed by atoms with Crippen molar-refractivity contribution in [3.8, 4) is 17.1 Å². The van der Waals surface area contributed by atoms with E-state index in [0.717, 1.165) is 34.0 Å². The van der Waals surface area contributed by atoms with Gasteiger partial charge in [-0.3, -0.25) is 4.79 Å². The van der Waals surface area contributed by atoms with Gasteiger partial charge in [0.25, 0.3) is 0 Å². The molecule has 16 aromatic rings. The summed E-state index contributed by atoms with van der Waals surface area (Å²) in [6.07, 6.45) is 6.96. The van der Waals surface area contributed by atoms with Gasteiger partial charge in [-0.25, -0.2) is 15.0 Å². The molecule has 0 spiro atoms. The Labute approximate surface area is 640 Å². The number of hydrogen-bond acceptors (Lipinski definition) is 5. The van der Waals surface area contributed by atoms with Crippen LogP contribution in [0.15, 0.2) is 267 Å². The maximum Gasteiger partial charge on any atom is 1.00 e. The first-order chi connectivity index (χ1) is 48.0. The van der Waals surface area contributed by atoms with Crippen LogP contribution < -0.4 is 10.6 Å². The Balaban J connectivity index is 0.000000122. The Morgan fingerprint density at radius 1 is 0.402 bits per heavy atom. The number of benzene rings is 10. The van der Waals surface area contributed by atoms with Gasteiger partial charge in [-0.15, -0.1) is 16.7 Å². The molecule has 2 radical (unpaired) electrons. The van der Waals surface area contributed by atoms with Crippen LogP contribution in [0.5, 0.6) is 0 Å². The summed E-state index contributed by atoms with van der Waals surface area (Å²) in [7, 11) is -0.522. The largest absolute Gasteiger partial charge is 1.00 e. The van der Waals surface area contributed by atoms with Gasteiger partial charge >= 0.3 is 19.8 Å². The normalized spacial score (nSPS) is 13.5. The first-order valence-corrected chi connectivity index (χ1v) is 38.9. The van der Waals surface area contributed by atoms with Crippen molar-refractivity contribution >= 4 is 115 Å². The average molecular weight is 1900 g/mol. The Morgan fingerprint density at radius 3 is 1.22 bits per heavy atom. The number of para-hydroxylation sites is 6. The van der Waals surface area contributed by atoms with E-state index in [1.165, 1.54) is 99.1 Å². The fourth-order valence-corrected chi connectivity index (χ4v) is 18.9. The van der Waals surface area contributed by atoms with Gasteiger partial charge in [-0.2, -0.15) is 72.8 Å². The van der Waals surface area contributed by atoms with Gasteiger partial charge in [0.05, 0.1) is 43.2 Å². The van der Waals surface area contributed by atoms with Crippen molar-refractivity contribution in [2.45, 2.75) is 57.8 Å². The van der Waals surface area contributed by atoms with Crippen molar-refractivity contribution in [3.63, 3.8) is 0 Å². The summed E-state index contributed by atoms with van der Waals surface area (Å²) in [6, 6.07) is 92.8. The summed E-state index contributed by atoms with van der Waals surface area (Å²) in [4.78, 5) is 26.0. The van der Waals surface area contributed by atoms with Gasteiger partial charge < -0.3 is 18.8 Å². The summed E-state index contributed by atoms with van der Waals surface area (Å²) >= 11 is 0. The minimum atomic E-state index is -0.261. The predicted molar refractivity (Wildman–Crippen MR) is 420 cm³/mol.